The Morgan fingerprint density at radius 3 is 2.17 bits per heavy atom. The van der Waals surface area contributed by atoms with Crippen molar-refractivity contribution < 1.29 is 14.7 Å². The third kappa shape index (κ3) is 2.56. The van der Waals surface area contributed by atoms with E-state index in [2.05, 4.69) is 5.32 Å². The van der Waals surface area contributed by atoms with E-state index in [9.17, 15) is 14.7 Å². The van der Waals surface area contributed by atoms with E-state index < -0.39 is 17.8 Å². The zero-order valence-electron chi connectivity index (χ0n) is 14.5. The molecule has 1 fully saturated rings. The molecule has 24 heavy (non-hydrogen) atoms. The molecule has 2 N–H and O–H groups in total. The fraction of sp³-hybridized carbons (Fsp3) is 0.400. The lowest BCUT2D eigenvalue weighted by Crippen LogP contribution is -2.36. The van der Waals surface area contributed by atoms with E-state index in [1.54, 1.807) is 0 Å². The summed E-state index contributed by atoms with van der Waals surface area (Å²) in [5.41, 5.74) is 5.19. The first kappa shape index (κ1) is 16.5. The van der Waals surface area contributed by atoms with Crippen LogP contribution in [-0.2, 0) is 9.59 Å². The summed E-state index contributed by atoms with van der Waals surface area (Å²) >= 11 is 0. The van der Waals surface area contributed by atoms with Crippen molar-refractivity contribution in [3.63, 3.8) is 0 Å². The molecule has 0 radical (unpaired) electrons. The van der Waals surface area contributed by atoms with Gasteiger partial charge in [-0.05, 0) is 51.0 Å². The number of aliphatic carboxylic acids is 1. The predicted octanol–water partition coefficient (Wildman–Crippen LogP) is 3.71. The second-order valence-electron chi connectivity index (χ2n) is 7.07. The fourth-order valence-electron chi connectivity index (χ4n) is 4.09. The van der Waals surface area contributed by atoms with Crippen LogP contribution in [0.5, 0.6) is 0 Å². The summed E-state index contributed by atoms with van der Waals surface area (Å²) in [5.74, 6) is -2.60. The standard InChI is InChI=1S/C20H23NO3/c1-10(2)16-14-7-8-15(16)18(20(23)24)17(14)19(22)21-13-6-5-11(3)12(4)9-13/h5-9,14-15,17-18H,1-4H3,(H,21,22)(H,23,24)/t14-,15-,17+,18+/m1/s1. The summed E-state index contributed by atoms with van der Waals surface area (Å²) in [6.45, 7) is 7.99. The Morgan fingerprint density at radius 2 is 1.62 bits per heavy atom. The minimum atomic E-state index is -0.897. The summed E-state index contributed by atoms with van der Waals surface area (Å²) in [6, 6.07) is 5.75. The van der Waals surface area contributed by atoms with Crippen LogP contribution in [-0.4, -0.2) is 17.0 Å². The molecule has 4 nitrogen and oxygen atoms in total. The summed E-state index contributed by atoms with van der Waals surface area (Å²) in [7, 11) is 0. The maximum atomic E-state index is 12.9. The first-order valence-corrected chi connectivity index (χ1v) is 8.27. The van der Waals surface area contributed by atoms with Gasteiger partial charge in [-0.1, -0.05) is 29.4 Å². The molecule has 0 heterocycles. The topological polar surface area (TPSA) is 66.4 Å². The number of rotatable bonds is 3. The highest BCUT2D eigenvalue weighted by molar-refractivity contribution is 5.97. The van der Waals surface area contributed by atoms with Crippen LogP contribution in [0.2, 0.25) is 0 Å². The maximum absolute atomic E-state index is 12.9. The molecule has 0 spiro atoms. The van der Waals surface area contributed by atoms with Crippen molar-refractivity contribution in [3.05, 3.63) is 52.6 Å². The van der Waals surface area contributed by atoms with Gasteiger partial charge < -0.3 is 10.4 Å². The molecule has 0 unspecified atom stereocenters. The van der Waals surface area contributed by atoms with Crippen LogP contribution in [0.4, 0.5) is 5.69 Å². The Labute approximate surface area is 142 Å². The Kier molecular flexibility index (Phi) is 4.08. The van der Waals surface area contributed by atoms with Crippen molar-refractivity contribution >= 4 is 17.6 Å². The molecule has 3 rings (SSSR count). The molecule has 126 valence electrons. The number of benzene rings is 1. The normalized spacial score (nSPS) is 27.4. The Morgan fingerprint density at radius 1 is 1.00 bits per heavy atom. The summed E-state index contributed by atoms with van der Waals surface area (Å²) in [5, 5.41) is 12.6. The average molecular weight is 325 g/mol. The molecule has 0 saturated heterocycles. The Balaban J connectivity index is 1.91. The number of nitrogens with one attached hydrogen (secondary N) is 1. The van der Waals surface area contributed by atoms with Crippen LogP contribution in [0, 0.1) is 37.5 Å². The summed E-state index contributed by atoms with van der Waals surface area (Å²) in [6.07, 6.45) is 3.95. The lowest BCUT2D eigenvalue weighted by atomic mass is 9.82. The molecule has 1 aromatic rings. The van der Waals surface area contributed by atoms with Crippen molar-refractivity contribution in [2.24, 2.45) is 23.7 Å². The minimum Gasteiger partial charge on any atom is -0.481 e. The highest BCUT2D eigenvalue weighted by atomic mass is 16.4. The van der Waals surface area contributed by atoms with Crippen LogP contribution >= 0.6 is 0 Å². The smallest absolute Gasteiger partial charge is 0.308 e. The lowest BCUT2D eigenvalue weighted by Gasteiger charge is -2.23. The van der Waals surface area contributed by atoms with Crippen molar-refractivity contribution in [1.82, 2.24) is 0 Å². The first-order chi connectivity index (χ1) is 11.3. The second kappa shape index (κ2) is 5.93. The van der Waals surface area contributed by atoms with Gasteiger partial charge in [0.25, 0.3) is 0 Å². The van der Waals surface area contributed by atoms with E-state index in [0.717, 1.165) is 28.0 Å². The second-order valence-corrected chi connectivity index (χ2v) is 7.07. The molecule has 2 aliphatic carbocycles. The summed E-state index contributed by atoms with van der Waals surface area (Å²) < 4.78 is 0. The van der Waals surface area contributed by atoms with Crippen LogP contribution in [0.3, 0.4) is 0 Å². The SMILES string of the molecule is CC(C)=C1[C@H]2C=C[C@H]1[C@H](C(=O)Nc1ccc(C)c(C)c1)[C@H]2C(=O)O. The molecule has 0 aromatic heterocycles. The van der Waals surface area contributed by atoms with Crippen molar-refractivity contribution in [2.45, 2.75) is 27.7 Å². The number of hydrogen-bond acceptors (Lipinski definition) is 2. The minimum absolute atomic E-state index is 0.104. The maximum Gasteiger partial charge on any atom is 0.308 e. The number of carboxylic acid groups (broad SMARTS) is 1. The van der Waals surface area contributed by atoms with Crippen molar-refractivity contribution in [1.29, 1.82) is 0 Å². The molecule has 2 bridgehead atoms. The zero-order valence-corrected chi connectivity index (χ0v) is 14.5. The van der Waals surface area contributed by atoms with Crippen LogP contribution < -0.4 is 5.32 Å². The Bertz CT molecular complexity index is 771. The third-order valence-corrected chi connectivity index (χ3v) is 5.34. The number of fused-ring (bicyclic) bond motifs is 2. The van der Waals surface area contributed by atoms with Gasteiger partial charge in [-0.15, -0.1) is 0 Å². The molecule has 0 aliphatic heterocycles. The number of aryl methyl sites for hydroxylation is 2. The van der Waals surface area contributed by atoms with Crippen molar-refractivity contribution in [3.8, 4) is 0 Å². The van der Waals surface area contributed by atoms with E-state index in [0.29, 0.717) is 0 Å². The zero-order chi connectivity index (χ0) is 17.6. The van der Waals surface area contributed by atoms with Gasteiger partial charge in [0.1, 0.15) is 0 Å². The average Bonchev–Trinajstić information content (AvgIpc) is 3.06. The number of allylic oxidation sites excluding steroid dienone is 4. The fourth-order valence-corrected chi connectivity index (χ4v) is 4.09. The molecular formula is C20H23NO3. The highest BCUT2D eigenvalue weighted by Gasteiger charge is 2.54. The largest absolute Gasteiger partial charge is 0.481 e. The number of carbonyl (C=O) groups excluding carboxylic acids is 1. The quantitative estimate of drug-likeness (QED) is 0.833. The summed E-state index contributed by atoms with van der Waals surface area (Å²) in [4.78, 5) is 24.6. The van der Waals surface area contributed by atoms with E-state index in [-0.39, 0.29) is 17.7 Å². The van der Waals surface area contributed by atoms with Gasteiger partial charge in [-0.2, -0.15) is 0 Å². The lowest BCUT2D eigenvalue weighted by molar-refractivity contribution is -0.146. The van der Waals surface area contributed by atoms with Gasteiger partial charge in [0.15, 0.2) is 0 Å². The molecule has 1 saturated carbocycles. The van der Waals surface area contributed by atoms with Crippen LogP contribution in [0.25, 0.3) is 0 Å². The number of carboxylic acids is 1. The molecule has 4 heteroatoms. The van der Waals surface area contributed by atoms with Gasteiger partial charge in [0.05, 0.1) is 11.8 Å². The van der Waals surface area contributed by atoms with E-state index >= 15 is 0 Å². The van der Waals surface area contributed by atoms with E-state index in [1.165, 1.54) is 0 Å². The molecular weight excluding hydrogens is 302 g/mol. The first-order valence-electron chi connectivity index (χ1n) is 8.27. The van der Waals surface area contributed by atoms with Crippen LogP contribution in [0.1, 0.15) is 25.0 Å². The van der Waals surface area contributed by atoms with Gasteiger partial charge in [-0.25, -0.2) is 0 Å². The number of hydrogen-bond donors (Lipinski definition) is 2. The van der Waals surface area contributed by atoms with Gasteiger partial charge in [0, 0.05) is 17.5 Å². The van der Waals surface area contributed by atoms with Gasteiger partial charge in [0.2, 0.25) is 5.91 Å². The number of anilines is 1. The monoisotopic (exact) mass is 325 g/mol. The highest BCUT2D eigenvalue weighted by Crippen LogP contribution is 2.53. The molecule has 1 aromatic carbocycles. The van der Waals surface area contributed by atoms with E-state index in [4.69, 9.17) is 0 Å². The molecule has 4 atom stereocenters. The molecule has 2 aliphatic rings. The Hall–Kier alpha value is -2.36. The van der Waals surface area contributed by atoms with E-state index in [1.807, 2.05) is 58.0 Å². The van der Waals surface area contributed by atoms with Crippen LogP contribution in [0.15, 0.2) is 41.5 Å². The third-order valence-electron chi connectivity index (χ3n) is 5.34. The molecule has 1 amide bonds. The van der Waals surface area contributed by atoms with Crippen molar-refractivity contribution in [2.75, 3.05) is 5.32 Å². The van der Waals surface area contributed by atoms with Gasteiger partial charge >= 0.3 is 5.97 Å². The van der Waals surface area contributed by atoms with Gasteiger partial charge in [-0.3, -0.25) is 9.59 Å². The predicted molar refractivity (Wildman–Crippen MR) is 93.7 cm³/mol. The number of carbonyl (C=O) groups is 2. The number of amides is 1.